The van der Waals surface area contributed by atoms with E-state index < -0.39 is 18.2 Å². The van der Waals surface area contributed by atoms with E-state index in [0.717, 1.165) is 6.07 Å². The molecule has 5 nitrogen and oxygen atoms in total. The van der Waals surface area contributed by atoms with Crippen molar-refractivity contribution in [1.82, 2.24) is 10.2 Å². The maximum Gasteiger partial charge on any atom is 0.573 e. The highest BCUT2D eigenvalue weighted by atomic mass is 35.5. The van der Waals surface area contributed by atoms with Gasteiger partial charge in [-0.1, -0.05) is 12.1 Å². The molecule has 0 unspecified atom stereocenters. The summed E-state index contributed by atoms with van der Waals surface area (Å²) in [4.78, 5) is 2.00. The van der Waals surface area contributed by atoms with Gasteiger partial charge in [0.05, 0.1) is 11.7 Å². The SMILES string of the molecule is Cl.Cl.Nc1cc(F)cc([C@@H](c2ccc(OC(F)(F)F)cc2)N2CCNCC2)c1O. The van der Waals surface area contributed by atoms with Crippen LogP contribution < -0.4 is 15.8 Å². The number of ether oxygens (including phenoxy) is 1. The second-order valence-electron chi connectivity index (χ2n) is 6.24. The Labute approximate surface area is 177 Å². The van der Waals surface area contributed by atoms with Gasteiger partial charge in [-0.25, -0.2) is 4.39 Å². The lowest BCUT2D eigenvalue weighted by Gasteiger charge is -2.36. The van der Waals surface area contributed by atoms with Crippen LogP contribution in [0.4, 0.5) is 23.2 Å². The molecule has 2 aromatic rings. The van der Waals surface area contributed by atoms with Crippen molar-refractivity contribution in [2.24, 2.45) is 0 Å². The zero-order chi connectivity index (χ0) is 19.6. The van der Waals surface area contributed by atoms with Gasteiger partial charge in [0, 0.05) is 37.8 Å². The van der Waals surface area contributed by atoms with Crippen LogP contribution in [0.5, 0.6) is 11.5 Å². The number of phenols is 1. The summed E-state index contributed by atoms with van der Waals surface area (Å²) in [5.41, 5.74) is 6.45. The number of nitrogens with two attached hydrogens (primary N) is 1. The van der Waals surface area contributed by atoms with Crippen LogP contribution in [0.2, 0.25) is 0 Å². The van der Waals surface area contributed by atoms with Crippen molar-refractivity contribution in [2.45, 2.75) is 12.4 Å². The molecular weight excluding hydrogens is 437 g/mol. The molecule has 0 amide bonds. The smallest absolute Gasteiger partial charge is 0.505 e. The third kappa shape index (κ3) is 6.27. The van der Waals surface area contributed by atoms with E-state index in [-0.39, 0.29) is 47.6 Å². The van der Waals surface area contributed by atoms with E-state index in [2.05, 4.69) is 10.1 Å². The number of benzene rings is 2. The molecule has 1 fully saturated rings. The number of nitrogens with zero attached hydrogens (tertiary/aromatic N) is 1. The Hall–Kier alpha value is -1.94. The summed E-state index contributed by atoms with van der Waals surface area (Å²) in [5.74, 6) is -1.19. The minimum Gasteiger partial charge on any atom is -0.505 e. The quantitative estimate of drug-likeness (QED) is 0.369. The Morgan fingerprint density at radius 3 is 2.21 bits per heavy atom. The van der Waals surface area contributed by atoms with Crippen LogP contribution in [-0.2, 0) is 0 Å². The number of nitrogen functional groups attached to an aromatic ring is 1. The Morgan fingerprint density at radius 1 is 1.07 bits per heavy atom. The Kier molecular flexibility index (Phi) is 8.83. The molecule has 1 aliphatic rings. The molecule has 2 aromatic carbocycles. The number of hydrogen-bond acceptors (Lipinski definition) is 5. The highest BCUT2D eigenvalue weighted by Gasteiger charge is 2.32. The maximum atomic E-state index is 13.9. The molecule has 0 saturated carbocycles. The second kappa shape index (κ2) is 10.2. The number of anilines is 1. The van der Waals surface area contributed by atoms with Gasteiger partial charge in [0.25, 0.3) is 0 Å². The van der Waals surface area contributed by atoms with Crippen LogP contribution in [0, 0.1) is 5.82 Å². The van der Waals surface area contributed by atoms with E-state index in [1.54, 1.807) is 0 Å². The second-order valence-corrected chi connectivity index (χ2v) is 6.24. The van der Waals surface area contributed by atoms with Crippen molar-refractivity contribution < 1.29 is 27.4 Å². The fraction of sp³-hybridized carbons (Fsp3) is 0.333. The first-order valence-corrected chi connectivity index (χ1v) is 8.33. The first-order valence-electron chi connectivity index (χ1n) is 8.33. The highest BCUT2D eigenvalue weighted by molar-refractivity contribution is 5.85. The van der Waals surface area contributed by atoms with Crippen molar-refractivity contribution in [3.63, 3.8) is 0 Å². The van der Waals surface area contributed by atoms with Gasteiger partial charge in [0.2, 0.25) is 0 Å². The van der Waals surface area contributed by atoms with Gasteiger partial charge in [0.15, 0.2) is 0 Å². The van der Waals surface area contributed by atoms with Gasteiger partial charge in [-0.05, 0) is 23.8 Å². The number of halogens is 6. The first kappa shape index (κ1) is 25.1. The molecule has 162 valence electrons. The number of aromatic hydroxyl groups is 1. The summed E-state index contributed by atoms with van der Waals surface area (Å²) in [6.45, 7) is 2.61. The lowest BCUT2D eigenvalue weighted by molar-refractivity contribution is -0.274. The van der Waals surface area contributed by atoms with Crippen molar-refractivity contribution in [3.05, 3.63) is 53.3 Å². The number of piperazine rings is 1. The summed E-state index contributed by atoms with van der Waals surface area (Å²) in [5, 5.41) is 13.6. The molecule has 1 atom stereocenters. The maximum absolute atomic E-state index is 13.9. The van der Waals surface area contributed by atoms with Gasteiger partial charge >= 0.3 is 6.36 Å². The van der Waals surface area contributed by atoms with Gasteiger partial charge in [-0.3, -0.25) is 4.90 Å². The van der Waals surface area contributed by atoms with E-state index in [0.29, 0.717) is 31.7 Å². The van der Waals surface area contributed by atoms with E-state index in [4.69, 9.17) is 5.73 Å². The van der Waals surface area contributed by atoms with E-state index in [1.165, 1.54) is 30.3 Å². The van der Waals surface area contributed by atoms with E-state index in [1.807, 2.05) is 4.90 Å². The number of phenolic OH excluding ortho intramolecular Hbond substituents is 1. The molecule has 4 N–H and O–H groups in total. The van der Waals surface area contributed by atoms with Crippen molar-refractivity contribution in [3.8, 4) is 11.5 Å². The summed E-state index contributed by atoms with van der Waals surface area (Å²) in [6, 6.07) is 6.97. The standard InChI is InChI=1S/C18H19F4N3O2.2ClH/c19-12-9-14(17(26)15(23)10-12)16(25-7-5-24-6-8-25)11-1-3-13(4-2-11)27-18(20,21)22;;/h1-4,9-10,16,24,26H,5-8,23H2;2*1H/t16-;;/m1../s1. The van der Waals surface area contributed by atoms with Gasteiger partial charge in [-0.2, -0.15) is 0 Å². The topological polar surface area (TPSA) is 70.8 Å². The Balaban J connectivity index is 0.00000210. The fourth-order valence-electron chi connectivity index (χ4n) is 3.23. The molecule has 1 heterocycles. The Bertz CT molecular complexity index is 801. The fourth-order valence-corrected chi connectivity index (χ4v) is 3.23. The van der Waals surface area contributed by atoms with Crippen LogP contribution in [0.1, 0.15) is 17.2 Å². The molecular formula is C18H21Cl2F4N3O2. The normalized spacial score (nSPS) is 15.7. The zero-order valence-corrected chi connectivity index (χ0v) is 16.7. The molecule has 3 rings (SSSR count). The van der Waals surface area contributed by atoms with Gasteiger partial charge < -0.3 is 20.9 Å². The number of nitrogens with one attached hydrogen (secondary N) is 1. The lowest BCUT2D eigenvalue weighted by atomic mass is 9.94. The monoisotopic (exact) mass is 457 g/mol. The minimum absolute atomic E-state index is 0. The predicted octanol–water partition coefficient (Wildman–Crippen LogP) is 3.85. The average molecular weight is 458 g/mol. The van der Waals surface area contributed by atoms with E-state index in [9.17, 15) is 22.7 Å². The van der Waals surface area contributed by atoms with Crippen molar-refractivity contribution in [1.29, 1.82) is 0 Å². The van der Waals surface area contributed by atoms with Crippen LogP contribution >= 0.6 is 24.8 Å². The molecule has 0 bridgehead atoms. The average Bonchev–Trinajstić information content (AvgIpc) is 2.60. The summed E-state index contributed by atoms with van der Waals surface area (Å²) < 4.78 is 54.9. The van der Waals surface area contributed by atoms with E-state index >= 15 is 0 Å². The van der Waals surface area contributed by atoms with Crippen LogP contribution in [-0.4, -0.2) is 42.5 Å². The lowest BCUT2D eigenvalue weighted by Crippen LogP contribution is -2.45. The molecule has 0 spiro atoms. The van der Waals surface area contributed by atoms with Crippen LogP contribution in [0.25, 0.3) is 0 Å². The largest absolute Gasteiger partial charge is 0.573 e. The highest BCUT2D eigenvalue weighted by Crippen LogP contribution is 2.38. The predicted molar refractivity (Wildman–Crippen MR) is 106 cm³/mol. The number of alkyl halides is 3. The minimum atomic E-state index is -4.78. The molecule has 11 heteroatoms. The number of rotatable bonds is 4. The molecule has 1 aliphatic heterocycles. The molecule has 0 aliphatic carbocycles. The zero-order valence-electron chi connectivity index (χ0n) is 15.1. The van der Waals surface area contributed by atoms with Crippen LogP contribution in [0.3, 0.4) is 0 Å². The Morgan fingerprint density at radius 2 is 1.66 bits per heavy atom. The van der Waals surface area contributed by atoms with Crippen molar-refractivity contribution in [2.75, 3.05) is 31.9 Å². The summed E-state index contributed by atoms with van der Waals surface area (Å²) >= 11 is 0. The summed E-state index contributed by atoms with van der Waals surface area (Å²) in [7, 11) is 0. The molecule has 0 aromatic heterocycles. The molecule has 1 saturated heterocycles. The van der Waals surface area contributed by atoms with Crippen molar-refractivity contribution >= 4 is 30.5 Å². The van der Waals surface area contributed by atoms with Gasteiger partial charge in [-0.15, -0.1) is 38.0 Å². The molecule has 0 radical (unpaired) electrons. The first-order chi connectivity index (χ1) is 12.7. The number of hydrogen-bond donors (Lipinski definition) is 3. The van der Waals surface area contributed by atoms with Gasteiger partial charge in [0.1, 0.15) is 17.3 Å². The third-order valence-electron chi connectivity index (χ3n) is 4.37. The summed E-state index contributed by atoms with van der Waals surface area (Å²) in [6.07, 6.45) is -4.78. The molecule has 29 heavy (non-hydrogen) atoms. The van der Waals surface area contributed by atoms with Crippen LogP contribution in [0.15, 0.2) is 36.4 Å². The third-order valence-corrected chi connectivity index (χ3v) is 4.37.